The molecule has 4 aromatic rings. The lowest BCUT2D eigenvalue weighted by Gasteiger charge is -2.27. The van der Waals surface area contributed by atoms with Crippen molar-refractivity contribution in [3.8, 4) is 11.3 Å². The van der Waals surface area contributed by atoms with Crippen LogP contribution in [0.4, 0.5) is 0 Å². The maximum atomic E-state index is 12.8. The third-order valence-corrected chi connectivity index (χ3v) is 6.20. The van der Waals surface area contributed by atoms with Crippen LogP contribution in [0.2, 0.25) is 0 Å². The molecule has 1 fully saturated rings. The monoisotopic (exact) mass is 431 g/mol. The molecule has 1 aliphatic heterocycles. The van der Waals surface area contributed by atoms with E-state index in [0.717, 1.165) is 68.0 Å². The van der Waals surface area contributed by atoms with E-state index >= 15 is 0 Å². The number of fused-ring (bicyclic) bond motifs is 2. The lowest BCUT2D eigenvalue weighted by Crippen LogP contribution is -2.43. The van der Waals surface area contributed by atoms with Gasteiger partial charge in [0.05, 0.1) is 22.6 Å². The van der Waals surface area contributed by atoms with E-state index in [1.54, 1.807) is 0 Å². The largest absolute Gasteiger partial charge is 0.422 e. The van der Waals surface area contributed by atoms with E-state index in [9.17, 15) is 4.79 Å². The molecule has 32 heavy (non-hydrogen) atoms. The van der Waals surface area contributed by atoms with Gasteiger partial charge in [-0.3, -0.25) is 4.98 Å². The van der Waals surface area contributed by atoms with E-state index in [1.807, 2.05) is 48.8 Å². The zero-order valence-electron chi connectivity index (χ0n) is 18.7. The van der Waals surface area contributed by atoms with Gasteiger partial charge in [-0.2, -0.15) is 0 Å². The number of aromatic nitrogens is 3. The molecule has 4 heterocycles. The molecule has 0 saturated carbocycles. The summed E-state index contributed by atoms with van der Waals surface area (Å²) in [5.41, 5.74) is 5.05. The maximum absolute atomic E-state index is 12.8. The molecule has 0 bridgehead atoms. The standard InChI is InChI=1S/C25H29N5O2/c1-17-15-30-16-22(28-24(30)18(2)27-17)21-14-20-7-6-19(13-23(20)32-25(21)31)5-3-4-10-29-11-8-26-9-12-29/h6-7,13-16,26H,3-5,8-12H2,1-2H3. The highest BCUT2D eigenvalue weighted by atomic mass is 16.4. The summed E-state index contributed by atoms with van der Waals surface area (Å²) >= 11 is 0. The van der Waals surface area contributed by atoms with Crippen molar-refractivity contribution < 1.29 is 4.42 Å². The molecule has 1 aromatic carbocycles. The van der Waals surface area contributed by atoms with E-state index < -0.39 is 0 Å². The van der Waals surface area contributed by atoms with E-state index in [4.69, 9.17) is 4.42 Å². The van der Waals surface area contributed by atoms with Crippen LogP contribution < -0.4 is 10.9 Å². The summed E-state index contributed by atoms with van der Waals surface area (Å²) in [6, 6.07) is 8.07. The van der Waals surface area contributed by atoms with Gasteiger partial charge in [-0.25, -0.2) is 9.78 Å². The summed E-state index contributed by atoms with van der Waals surface area (Å²) in [6.45, 7) is 9.50. The highest BCUT2D eigenvalue weighted by Gasteiger charge is 2.14. The molecule has 1 saturated heterocycles. The SMILES string of the molecule is Cc1cn2cc(-c3cc4ccc(CCCCN5CCNCC5)cc4oc3=O)nc2c(C)n1. The first-order chi connectivity index (χ1) is 15.6. The van der Waals surface area contributed by atoms with Crippen LogP contribution in [-0.2, 0) is 6.42 Å². The lowest BCUT2D eigenvalue weighted by atomic mass is 10.0. The molecule has 0 unspecified atom stereocenters. The van der Waals surface area contributed by atoms with Crippen molar-refractivity contribution in [3.63, 3.8) is 0 Å². The van der Waals surface area contributed by atoms with Gasteiger partial charge in [-0.15, -0.1) is 0 Å². The van der Waals surface area contributed by atoms with Crippen LogP contribution in [0.1, 0.15) is 29.8 Å². The molecule has 0 aliphatic carbocycles. The van der Waals surface area contributed by atoms with Crippen LogP contribution in [0, 0.1) is 13.8 Å². The summed E-state index contributed by atoms with van der Waals surface area (Å²) in [7, 11) is 0. The minimum absolute atomic E-state index is 0.362. The summed E-state index contributed by atoms with van der Waals surface area (Å²) in [5.74, 6) is 0. The number of unbranched alkanes of at least 4 members (excludes halogenated alkanes) is 1. The van der Waals surface area contributed by atoms with Gasteiger partial charge < -0.3 is 19.0 Å². The average molecular weight is 432 g/mol. The first-order valence-electron chi connectivity index (χ1n) is 11.4. The number of imidazole rings is 1. The smallest absolute Gasteiger partial charge is 0.345 e. The van der Waals surface area contributed by atoms with Gasteiger partial charge in [0.2, 0.25) is 0 Å². The van der Waals surface area contributed by atoms with Crippen molar-refractivity contribution in [2.24, 2.45) is 0 Å². The second kappa shape index (κ2) is 8.84. The summed E-state index contributed by atoms with van der Waals surface area (Å²) in [4.78, 5) is 24.4. The Morgan fingerprint density at radius 3 is 2.75 bits per heavy atom. The molecular weight excluding hydrogens is 402 g/mol. The summed E-state index contributed by atoms with van der Waals surface area (Å²) in [5, 5.41) is 4.30. The first kappa shape index (κ1) is 20.8. The molecule has 0 amide bonds. The molecule has 0 radical (unpaired) electrons. The Hall–Kier alpha value is -3.03. The minimum Gasteiger partial charge on any atom is -0.422 e. The molecular formula is C25H29N5O2. The Labute approximate surface area is 187 Å². The highest BCUT2D eigenvalue weighted by molar-refractivity contribution is 5.81. The fourth-order valence-electron chi connectivity index (χ4n) is 4.52. The number of aryl methyl sites for hydroxylation is 3. The second-order valence-corrected chi connectivity index (χ2v) is 8.69. The second-order valence-electron chi connectivity index (χ2n) is 8.69. The predicted molar refractivity (Wildman–Crippen MR) is 126 cm³/mol. The number of hydrogen-bond acceptors (Lipinski definition) is 6. The number of rotatable bonds is 6. The fraction of sp³-hybridized carbons (Fsp3) is 0.400. The number of nitrogens with one attached hydrogen (secondary N) is 1. The quantitative estimate of drug-likeness (QED) is 0.373. The molecule has 1 N–H and O–H groups in total. The van der Waals surface area contributed by atoms with Crippen LogP contribution in [0.15, 0.2) is 45.9 Å². The Morgan fingerprint density at radius 1 is 1.06 bits per heavy atom. The van der Waals surface area contributed by atoms with Crippen LogP contribution in [0.25, 0.3) is 27.9 Å². The van der Waals surface area contributed by atoms with Crippen LogP contribution >= 0.6 is 0 Å². The van der Waals surface area contributed by atoms with Crippen LogP contribution in [0.3, 0.4) is 0 Å². The van der Waals surface area contributed by atoms with Gasteiger partial charge in [0.25, 0.3) is 0 Å². The summed E-state index contributed by atoms with van der Waals surface area (Å²) < 4.78 is 7.62. The zero-order valence-corrected chi connectivity index (χ0v) is 18.7. The van der Waals surface area contributed by atoms with Crippen molar-refractivity contribution in [3.05, 3.63) is 64.0 Å². The molecule has 0 spiro atoms. The Bertz CT molecular complexity index is 1320. The Kier molecular flexibility index (Phi) is 5.76. The van der Waals surface area contributed by atoms with E-state index in [0.29, 0.717) is 16.8 Å². The van der Waals surface area contributed by atoms with Gasteiger partial charge in [0.1, 0.15) is 5.58 Å². The normalized spacial score (nSPS) is 15.1. The van der Waals surface area contributed by atoms with E-state index in [1.165, 1.54) is 12.0 Å². The van der Waals surface area contributed by atoms with E-state index in [2.05, 4.69) is 26.3 Å². The van der Waals surface area contributed by atoms with Gasteiger partial charge in [0.15, 0.2) is 5.65 Å². The fourth-order valence-corrected chi connectivity index (χ4v) is 4.52. The van der Waals surface area contributed by atoms with Crippen molar-refractivity contribution in [1.29, 1.82) is 0 Å². The Balaban J connectivity index is 1.33. The highest BCUT2D eigenvalue weighted by Crippen LogP contribution is 2.23. The predicted octanol–water partition coefficient (Wildman–Crippen LogP) is 3.35. The minimum atomic E-state index is -0.362. The maximum Gasteiger partial charge on any atom is 0.345 e. The number of piperazine rings is 1. The zero-order chi connectivity index (χ0) is 22.1. The molecule has 5 rings (SSSR count). The van der Waals surface area contributed by atoms with Crippen molar-refractivity contribution >= 4 is 16.6 Å². The van der Waals surface area contributed by atoms with Crippen LogP contribution in [0.5, 0.6) is 0 Å². The number of hydrogen-bond donors (Lipinski definition) is 1. The third kappa shape index (κ3) is 4.31. The summed E-state index contributed by atoms with van der Waals surface area (Å²) in [6.07, 6.45) is 7.08. The van der Waals surface area contributed by atoms with Gasteiger partial charge in [0, 0.05) is 44.0 Å². The number of benzene rings is 1. The topological polar surface area (TPSA) is 75.7 Å². The van der Waals surface area contributed by atoms with Crippen molar-refractivity contribution in [1.82, 2.24) is 24.6 Å². The Morgan fingerprint density at radius 2 is 1.91 bits per heavy atom. The van der Waals surface area contributed by atoms with Crippen molar-refractivity contribution in [2.75, 3.05) is 32.7 Å². The first-order valence-corrected chi connectivity index (χ1v) is 11.4. The molecule has 166 valence electrons. The molecule has 7 nitrogen and oxygen atoms in total. The average Bonchev–Trinajstić information content (AvgIpc) is 3.21. The van der Waals surface area contributed by atoms with E-state index in [-0.39, 0.29) is 5.63 Å². The molecule has 0 atom stereocenters. The van der Waals surface area contributed by atoms with Gasteiger partial charge in [-0.1, -0.05) is 12.1 Å². The lowest BCUT2D eigenvalue weighted by molar-refractivity contribution is 0.237. The molecule has 3 aromatic heterocycles. The van der Waals surface area contributed by atoms with Gasteiger partial charge >= 0.3 is 5.63 Å². The third-order valence-electron chi connectivity index (χ3n) is 6.20. The van der Waals surface area contributed by atoms with Crippen molar-refractivity contribution in [2.45, 2.75) is 33.1 Å². The molecule has 7 heteroatoms. The molecule has 1 aliphatic rings. The van der Waals surface area contributed by atoms with Gasteiger partial charge in [-0.05, 0) is 57.4 Å². The van der Waals surface area contributed by atoms with Crippen LogP contribution in [-0.4, -0.2) is 52.0 Å². The number of nitrogens with zero attached hydrogens (tertiary/aromatic N) is 4.